The first-order valence-electron chi connectivity index (χ1n) is 7.05. The van der Waals surface area contributed by atoms with Gasteiger partial charge < -0.3 is 15.0 Å². The number of ether oxygens (including phenoxy) is 1. The summed E-state index contributed by atoms with van der Waals surface area (Å²) in [5, 5.41) is 3.36. The van der Waals surface area contributed by atoms with Crippen LogP contribution in [0.15, 0.2) is 42.5 Å². The molecule has 2 aromatic rings. The molecular formula is C17H18ClFN2O2. The molecule has 1 N–H and O–H groups in total. The van der Waals surface area contributed by atoms with Crippen LogP contribution >= 0.6 is 11.6 Å². The highest BCUT2D eigenvalue weighted by molar-refractivity contribution is 6.30. The van der Waals surface area contributed by atoms with Crippen LogP contribution in [0.5, 0.6) is 5.75 Å². The first-order chi connectivity index (χ1) is 11.0. The van der Waals surface area contributed by atoms with Crippen molar-refractivity contribution in [2.45, 2.75) is 13.1 Å². The largest absolute Gasteiger partial charge is 0.496 e. The standard InChI is InChI=1S/C17H18ClFN2O2/c1-21(11-12-4-3-5-15(19)8-12)17(22)20-10-13-9-14(18)6-7-16(13)23-2/h3-9H,10-11H2,1-2H3,(H,20,22). The number of amides is 2. The molecule has 0 unspecified atom stereocenters. The van der Waals surface area contributed by atoms with Gasteiger partial charge in [-0.3, -0.25) is 0 Å². The van der Waals surface area contributed by atoms with Gasteiger partial charge in [0, 0.05) is 30.7 Å². The summed E-state index contributed by atoms with van der Waals surface area (Å²) in [7, 11) is 3.21. The van der Waals surface area contributed by atoms with E-state index in [2.05, 4.69) is 5.32 Å². The second kappa shape index (κ2) is 7.83. The summed E-state index contributed by atoms with van der Waals surface area (Å²) in [6.45, 7) is 0.604. The van der Waals surface area contributed by atoms with E-state index in [0.717, 1.165) is 11.1 Å². The molecule has 0 atom stereocenters. The highest BCUT2D eigenvalue weighted by Crippen LogP contribution is 2.22. The van der Waals surface area contributed by atoms with Crippen LogP contribution in [0.3, 0.4) is 0 Å². The second-order valence-electron chi connectivity index (χ2n) is 5.10. The van der Waals surface area contributed by atoms with Gasteiger partial charge in [0.1, 0.15) is 11.6 Å². The molecule has 0 aromatic heterocycles. The molecule has 2 amide bonds. The van der Waals surface area contributed by atoms with Crippen LogP contribution in [0.2, 0.25) is 5.02 Å². The molecule has 0 radical (unpaired) electrons. The first kappa shape index (κ1) is 17.1. The van der Waals surface area contributed by atoms with Gasteiger partial charge in [-0.1, -0.05) is 23.7 Å². The van der Waals surface area contributed by atoms with E-state index in [1.807, 2.05) is 0 Å². The fourth-order valence-corrected chi connectivity index (χ4v) is 2.37. The summed E-state index contributed by atoms with van der Waals surface area (Å²) < 4.78 is 18.4. The third-order valence-electron chi connectivity index (χ3n) is 3.33. The van der Waals surface area contributed by atoms with E-state index in [1.54, 1.807) is 44.5 Å². The second-order valence-corrected chi connectivity index (χ2v) is 5.54. The van der Waals surface area contributed by atoms with Crippen molar-refractivity contribution in [1.29, 1.82) is 0 Å². The Morgan fingerprint density at radius 2 is 2.09 bits per heavy atom. The third kappa shape index (κ3) is 4.86. The predicted octanol–water partition coefficient (Wildman–Crippen LogP) is 3.83. The highest BCUT2D eigenvalue weighted by atomic mass is 35.5. The maximum atomic E-state index is 13.2. The van der Waals surface area contributed by atoms with Crippen molar-refractivity contribution in [2.24, 2.45) is 0 Å². The summed E-state index contributed by atoms with van der Waals surface area (Å²) in [6, 6.07) is 11.1. The number of carbonyl (C=O) groups is 1. The molecule has 0 aliphatic carbocycles. The molecule has 0 saturated heterocycles. The Morgan fingerprint density at radius 3 is 2.78 bits per heavy atom. The SMILES string of the molecule is COc1ccc(Cl)cc1CNC(=O)N(C)Cc1cccc(F)c1. The number of methoxy groups -OCH3 is 1. The topological polar surface area (TPSA) is 41.6 Å². The summed E-state index contributed by atoms with van der Waals surface area (Å²) in [4.78, 5) is 13.6. The molecular weight excluding hydrogens is 319 g/mol. The molecule has 0 aliphatic rings. The number of hydrogen-bond acceptors (Lipinski definition) is 2. The lowest BCUT2D eigenvalue weighted by atomic mass is 10.2. The van der Waals surface area contributed by atoms with Gasteiger partial charge in [0.25, 0.3) is 0 Å². The fourth-order valence-electron chi connectivity index (χ4n) is 2.17. The average Bonchev–Trinajstić information content (AvgIpc) is 2.52. The van der Waals surface area contributed by atoms with Gasteiger partial charge in [-0.15, -0.1) is 0 Å². The van der Waals surface area contributed by atoms with E-state index in [-0.39, 0.29) is 18.4 Å². The van der Waals surface area contributed by atoms with Crippen LogP contribution in [-0.4, -0.2) is 25.1 Å². The van der Waals surface area contributed by atoms with Crippen molar-refractivity contribution in [3.8, 4) is 5.75 Å². The van der Waals surface area contributed by atoms with Crippen LogP contribution < -0.4 is 10.1 Å². The Kier molecular flexibility index (Phi) is 5.82. The lowest BCUT2D eigenvalue weighted by Gasteiger charge is -2.19. The highest BCUT2D eigenvalue weighted by Gasteiger charge is 2.11. The molecule has 0 fully saturated rings. The van der Waals surface area contributed by atoms with Gasteiger partial charge >= 0.3 is 6.03 Å². The monoisotopic (exact) mass is 336 g/mol. The molecule has 0 saturated carbocycles. The minimum absolute atomic E-state index is 0.267. The number of nitrogens with one attached hydrogen (secondary N) is 1. The Labute approximate surface area is 139 Å². The van der Waals surface area contributed by atoms with Crippen LogP contribution in [0.25, 0.3) is 0 Å². The van der Waals surface area contributed by atoms with Crippen molar-refractivity contribution in [3.63, 3.8) is 0 Å². The number of hydrogen-bond donors (Lipinski definition) is 1. The quantitative estimate of drug-likeness (QED) is 0.901. The zero-order valence-corrected chi connectivity index (χ0v) is 13.7. The zero-order valence-electron chi connectivity index (χ0n) is 13.0. The van der Waals surface area contributed by atoms with E-state index in [0.29, 0.717) is 17.3 Å². The number of benzene rings is 2. The Bertz CT molecular complexity index is 694. The zero-order chi connectivity index (χ0) is 16.8. The van der Waals surface area contributed by atoms with Gasteiger partial charge in [0.2, 0.25) is 0 Å². The van der Waals surface area contributed by atoms with Crippen LogP contribution in [0, 0.1) is 5.82 Å². The molecule has 23 heavy (non-hydrogen) atoms. The molecule has 0 bridgehead atoms. The number of nitrogens with zero attached hydrogens (tertiary/aromatic N) is 1. The van der Waals surface area contributed by atoms with E-state index in [1.165, 1.54) is 17.0 Å². The van der Waals surface area contributed by atoms with E-state index >= 15 is 0 Å². The fraction of sp³-hybridized carbons (Fsp3) is 0.235. The molecule has 2 rings (SSSR count). The van der Waals surface area contributed by atoms with Crippen molar-refractivity contribution in [2.75, 3.05) is 14.2 Å². The third-order valence-corrected chi connectivity index (χ3v) is 3.56. The molecule has 4 nitrogen and oxygen atoms in total. The van der Waals surface area contributed by atoms with E-state index in [9.17, 15) is 9.18 Å². The maximum absolute atomic E-state index is 13.2. The molecule has 122 valence electrons. The minimum atomic E-state index is -0.319. The molecule has 2 aromatic carbocycles. The van der Waals surface area contributed by atoms with Gasteiger partial charge in [-0.2, -0.15) is 0 Å². The average molecular weight is 337 g/mol. The van der Waals surface area contributed by atoms with Crippen molar-refractivity contribution < 1.29 is 13.9 Å². The summed E-state index contributed by atoms with van der Waals surface area (Å²) in [5.41, 5.74) is 1.51. The minimum Gasteiger partial charge on any atom is -0.496 e. The van der Waals surface area contributed by atoms with Crippen molar-refractivity contribution in [3.05, 3.63) is 64.4 Å². The Morgan fingerprint density at radius 1 is 1.30 bits per heavy atom. The van der Waals surface area contributed by atoms with Crippen molar-refractivity contribution in [1.82, 2.24) is 10.2 Å². The molecule has 0 heterocycles. The van der Waals surface area contributed by atoms with Gasteiger partial charge in [-0.25, -0.2) is 9.18 Å². The number of halogens is 2. The van der Waals surface area contributed by atoms with Gasteiger partial charge in [-0.05, 0) is 35.9 Å². The number of carbonyl (C=O) groups excluding carboxylic acids is 1. The van der Waals surface area contributed by atoms with Crippen molar-refractivity contribution >= 4 is 17.6 Å². The summed E-state index contributed by atoms with van der Waals surface area (Å²) >= 11 is 5.96. The van der Waals surface area contributed by atoms with Gasteiger partial charge in [0.05, 0.1) is 7.11 Å². The lowest BCUT2D eigenvalue weighted by molar-refractivity contribution is 0.206. The number of urea groups is 1. The molecule has 0 spiro atoms. The van der Waals surface area contributed by atoms with Crippen LogP contribution in [-0.2, 0) is 13.1 Å². The lowest BCUT2D eigenvalue weighted by Crippen LogP contribution is -2.36. The van der Waals surface area contributed by atoms with E-state index in [4.69, 9.17) is 16.3 Å². The Hall–Kier alpha value is -2.27. The van der Waals surface area contributed by atoms with E-state index < -0.39 is 0 Å². The summed E-state index contributed by atoms with van der Waals surface area (Å²) in [6.07, 6.45) is 0. The smallest absolute Gasteiger partial charge is 0.317 e. The van der Waals surface area contributed by atoms with Gasteiger partial charge in [0.15, 0.2) is 0 Å². The normalized spacial score (nSPS) is 10.3. The van der Waals surface area contributed by atoms with Crippen LogP contribution in [0.4, 0.5) is 9.18 Å². The van der Waals surface area contributed by atoms with Crippen LogP contribution in [0.1, 0.15) is 11.1 Å². The summed E-state index contributed by atoms with van der Waals surface area (Å²) in [5.74, 6) is 0.336. The molecule has 6 heteroatoms. The first-order valence-corrected chi connectivity index (χ1v) is 7.43. The number of rotatable bonds is 5. The molecule has 0 aliphatic heterocycles. The predicted molar refractivity (Wildman–Crippen MR) is 88.1 cm³/mol. The Balaban J connectivity index is 1.95. The maximum Gasteiger partial charge on any atom is 0.317 e.